The summed E-state index contributed by atoms with van der Waals surface area (Å²) in [4.78, 5) is 8.79. The van der Waals surface area contributed by atoms with Gasteiger partial charge in [0.25, 0.3) is 0 Å². The number of aromatic hydroxyl groups is 1. The van der Waals surface area contributed by atoms with Crippen LogP contribution in [0.15, 0.2) is 49.2 Å². The summed E-state index contributed by atoms with van der Waals surface area (Å²) in [6.07, 6.45) is 8.56. The summed E-state index contributed by atoms with van der Waals surface area (Å²) >= 11 is 0. The molecule has 0 radical (unpaired) electrons. The number of aromatic nitrogens is 5. The van der Waals surface area contributed by atoms with E-state index in [2.05, 4.69) is 15.1 Å². The number of aryl methyl sites for hydroxylation is 1. The van der Waals surface area contributed by atoms with E-state index in [9.17, 15) is 5.11 Å². The number of hydrogen-bond acceptors (Lipinski definition) is 5. The van der Waals surface area contributed by atoms with Crippen molar-refractivity contribution >= 4 is 10.9 Å². The maximum Gasteiger partial charge on any atom is 0.205 e. The number of pyridine rings is 2. The lowest BCUT2D eigenvalue weighted by atomic mass is 10.1. The quantitative estimate of drug-likeness (QED) is 0.623. The van der Waals surface area contributed by atoms with Gasteiger partial charge in [-0.15, -0.1) is 0 Å². The van der Waals surface area contributed by atoms with Crippen LogP contribution in [0, 0.1) is 18.3 Å². The molecule has 7 heteroatoms. The molecule has 0 amide bonds. The highest BCUT2D eigenvalue weighted by molar-refractivity contribution is 5.90. The van der Waals surface area contributed by atoms with Gasteiger partial charge in [-0.3, -0.25) is 14.2 Å². The monoisotopic (exact) mass is 330 g/mol. The number of hydrogen-bond donors (Lipinski definition) is 1. The van der Waals surface area contributed by atoms with Crippen LogP contribution in [0.4, 0.5) is 0 Å². The zero-order chi connectivity index (χ0) is 17.4. The highest BCUT2D eigenvalue weighted by Gasteiger charge is 2.16. The van der Waals surface area contributed by atoms with Crippen molar-refractivity contribution in [2.24, 2.45) is 0 Å². The first kappa shape index (κ1) is 14.9. The van der Waals surface area contributed by atoms with Gasteiger partial charge in [0.1, 0.15) is 6.54 Å². The predicted molar refractivity (Wildman–Crippen MR) is 92.1 cm³/mol. The second-order valence-electron chi connectivity index (χ2n) is 5.70. The van der Waals surface area contributed by atoms with Gasteiger partial charge in [0.15, 0.2) is 0 Å². The first-order valence-electron chi connectivity index (χ1n) is 7.69. The minimum atomic E-state index is 0.106. The summed E-state index contributed by atoms with van der Waals surface area (Å²) < 4.78 is 3.14. The highest BCUT2D eigenvalue weighted by atomic mass is 16.3. The SMILES string of the molecule is Cc1cc(-c2cccnc2)nc2cn(-c3cnn(CC#N)c3)c(O)c12. The van der Waals surface area contributed by atoms with E-state index in [4.69, 9.17) is 5.26 Å². The Hall–Kier alpha value is -3.66. The third kappa shape index (κ3) is 2.50. The van der Waals surface area contributed by atoms with E-state index in [1.807, 2.05) is 31.2 Å². The second-order valence-corrected chi connectivity index (χ2v) is 5.70. The van der Waals surface area contributed by atoms with Crippen LogP contribution in [0.1, 0.15) is 5.56 Å². The van der Waals surface area contributed by atoms with Crippen LogP contribution in [-0.4, -0.2) is 29.4 Å². The van der Waals surface area contributed by atoms with Gasteiger partial charge < -0.3 is 5.11 Å². The summed E-state index contributed by atoms with van der Waals surface area (Å²) in [5.41, 5.74) is 4.00. The van der Waals surface area contributed by atoms with E-state index in [1.165, 1.54) is 4.68 Å². The Kier molecular flexibility index (Phi) is 3.43. The molecule has 122 valence electrons. The Morgan fingerprint density at radius 1 is 1.28 bits per heavy atom. The van der Waals surface area contributed by atoms with Gasteiger partial charge in [-0.2, -0.15) is 10.4 Å². The van der Waals surface area contributed by atoms with Gasteiger partial charge in [0, 0.05) is 24.2 Å². The van der Waals surface area contributed by atoms with Gasteiger partial charge in [0.05, 0.1) is 40.7 Å². The number of nitrogens with zero attached hydrogens (tertiary/aromatic N) is 6. The molecule has 0 aliphatic rings. The molecule has 0 spiro atoms. The smallest absolute Gasteiger partial charge is 0.205 e. The van der Waals surface area contributed by atoms with Gasteiger partial charge in [-0.05, 0) is 30.7 Å². The third-order valence-corrected chi connectivity index (χ3v) is 4.04. The van der Waals surface area contributed by atoms with E-state index in [0.29, 0.717) is 16.6 Å². The third-order valence-electron chi connectivity index (χ3n) is 4.04. The molecular formula is C18H14N6O. The highest BCUT2D eigenvalue weighted by Crippen LogP contribution is 2.33. The Bertz CT molecular complexity index is 1100. The molecule has 4 heterocycles. The molecule has 7 nitrogen and oxygen atoms in total. The van der Waals surface area contributed by atoms with Crippen LogP contribution in [0.2, 0.25) is 0 Å². The summed E-state index contributed by atoms with van der Waals surface area (Å²) in [6.45, 7) is 2.09. The van der Waals surface area contributed by atoms with Crippen LogP contribution >= 0.6 is 0 Å². The molecule has 0 aliphatic heterocycles. The summed E-state index contributed by atoms with van der Waals surface area (Å²) in [5, 5.41) is 24.2. The average Bonchev–Trinajstić information content (AvgIpc) is 3.21. The van der Waals surface area contributed by atoms with E-state index in [0.717, 1.165) is 16.8 Å². The molecule has 0 unspecified atom stereocenters. The van der Waals surface area contributed by atoms with Crippen LogP contribution < -0.4 is 0 Å². The lowest BCUT2D eigenvalue weighted by Crippen LogP contribution is -1.94. The fourth-order valence-corrected chi connectivity index (χ4v) is 2.88. The van der Waals surface area contributed by atoms with Crippen LogP contribution in [0.3, 0.4) is 0 Å². The van der Waals surface area contributed by atoms with Crippen molar-refractivity contribution < 1.29 is 5.11 Å². The molecular weight excluding hydrogens is 316 g/mol. The number of fused-ring (bicyclic) bond motifs is 1. The lowest BCUT2D eigenvalue weighted by molar-refractivity contribution is 0.448. The molecule has 4 aromatic heterocycles. The molecule has 25 heavy (non-hydrogen) atoms. The van der Waals surface area contributed by atoms with Crippen LogP contribution in [0.5, 0.6) is 5.88 Å². The predicted octanol–water partition coefficient (Wildman–Crippen LogP) is 2.82. The summed E-state index contributed by atoms with van der Waals surface area (Å²) in [6, 6.07) is 7.78. The van der Waals surface area contributed by atoms with Crippen molar-refractivity contribution in [3.05, 3.63) is 54.7 Å². The molecule has 0 atom stereocenters. The van der Waals surface area contributed by atoms with Crippen molar-refractivity contribution in [3.63, 3.8) is 0 Å². The molecule has 0 fully saturated rings. The Morgan fingerprint density at radius 2 is 2.16 bits per heavy atom. The van der Waals surface area contributed by atoms with Crippen LogP contribution in [-0.2, 0) is 6.54 Å². The van der Waals surface area contributed by atoms with Crippen molar-refractivity contribution in [2.45, 2.75) is 13.5 Å². The largest absolute Gasteiger partial charge is 0.494 e. The normalized spacial score (nSPS) is 10.9. The second kappa shape index (κ2) is 5.76. The summed E-state index contributed by atoms with van der Waals surface area (Å²) in [5.74, 6) is 0.106. The van der Waals surface area contributed by atoms with Gasteiger partial charge in [-0.25, -0.2) is 4.98 Å². The zero-order valence-electron chi connectivity index (χ0n) is 13.5. The number of nitriles is 1. The van der Waals surface area contributed by atoms with Crippen molar-refractivity contribution in [2.75, 3.05) is 0 Å². The van der Waals surface area contributed by atoms with Crippen molar-refractivity contribution in [3.8, 4) is 28.9 Å². The van der Waals surface area contributed by atoms with E-state index in [1.54, 1.807) is 35.6 Å². The van der Waals surface area contributed by atoms with Gasteiger partial charge in [-0.1, -0.05) is 0 Å². The molecule has 4 aromatic rings. The Labute approximate surface area is 143 Å². The number of rotatable bonds is 3. The van der Waals surface area contributed by atoms with E-state index in [-0.39, 0.29) is 12.4 Å². The molecule has 1 N–H and O–H groups in total. The standard InChI is InChI=1S/C18H14N6O/c1-12-7-15(13-3-2-5-20-8-13)22-16-11-24(18(25)17(12)16)14-9-21-23(10-14)6-4-19/h2-3,5,7-11,25H,6H2,1H3. The van der Waals surface area contributed by atoms with Gasteiger partial charge >= 0.3 is 0 Å². The van der Waals surface area contributed by atoms with E-state index >= 15 is 0 Å². The Balaban J connectivity index is 1.86. The fourth-order valence-electron chi connectivity index (χ4n) is 2.88. The van der Waals surface area contributed by atoms with E-state index < -0.39 is 0 Å². The summed E-state index contributed by atoms with van der Waals surface area (Å²) in [7, 11) is 0. The first-order valence-corrected chi connectivity index (χ1v) is 7.69. The van der Waals surface area contributed by atoms with Crippen LogP contribution in [0.25, 0.3) is 27.8 Å². The zero-order valence-corrected chi connectivity index (χ0v) is 13.5. The minimum Gasteiger partial charge on any atom is -0.494 e. The molecule has 4 rings (SSSR count). The Morgan fingerprint density at radius 3 is 2.92 bits per heavy atom. The minimum absolute atomic E-state index is 0.106. The van der Waals surface area contributed by atoms with Crippen molar-refractivity contribution in [1.82, 2.24) is 24.3 Å². The fraction of sp³-hybridized carbons (Fsp3) is 0.111. The lowest BCUT2D eigenvalue weighted by Gasteiger charge is -2.04. The maximum absolute atomic E-state index is 10.6. The van der Waals surface area contributed by atoms with Gasteiger partial charge in [0.2, 0.25) is 5.88 Å². The topological polar surface area (TPSA) is 92.5 Å². The average molecular weight is 330 g/mol. The first-order chi connectivity index (χ1) is 12.2. The molecule has 0 saturated heterocycles. The molecule has 0 saturated carbocycles. The molecule has 0 aromatic carbocycles. The van der Waals surface area contributed by atoms with Crippen molar-refractivity contribution in [1.29, 1.82) is 5.26 Å². The molecule has 0 bridgehead atoms. The maximum atomic E-state index is 10.6. The molecule has 0 aliphatic carbocycles.